The van der Waals surface area contributed by atoms with Crippen LogP contribution < -0.4 is 15.0 Å². The Morgan fingerprint density at radius 2 is 1.69 bits per heavy atom. The molecule has 1 atom stereocenters. The third-order valence-electron chi connectivity index (χ3n) is 8.40. The van der Waals surface area contributed by atoms with Gasteiger partial charge in [-0.3, -0.25) is 4.79 Å². The highest BCUT2D eigenvalue weighted by Gasteiger charge is 2.52. The zero-order valence-electron chi connectivity index (χ0n) is 27.4. The number of carbonyl (C=O) groups is 2. The van der Waals surface area contributed by atoms with Gasteiger partial charge in [-0.2, -0.15) is 0 Å². The highest BCUT2D eigenvalue weighted by Crippen LogP contribution is 2.48. The number of hydrogen-bond acceptors (Lipinski definition) is 11. The Bertz CT molecular complexity index is 2100. The van der Waals surface area contributed by atoms with Gasteiger partial charge in [0.05, 0.1) is 22.9 Å². The zero-order chi connectivity index (χ0) is 35.2. The van der Waals surface area contributed by atoms with Gasteiger partial charge in [-0.1, -0.05) is 30.3 Å². The fourth-order valence-corrected chi connectivity index (χ4v) is 8.80. The van der Waals surface area contributed by atoms with Gasteiger partial charge in [-0.05, 0) is 88.1 Å². The van der Waals surface area contributed by atoms with E-state index < -0.39 is 53.8 Å². The molecule has 1 N–H and O–H groups in total. The quantitative estimate of drug-likeness (QED) is 0.256. The van der Waals surface area contributed by atoms with E-state index in [1.54, 1.807) is 45.0 Å². The van der Waals surface area contributed by atoms with E-state index in [1.165, 1.54) is 23.1 Å². The topological polar surface area (TPSA) is 175 Å². The molecule has 0 spiro atoms. The van der Waals surface area contributed by atoms with E-state index in [2.05, 4.69) is 15.5 Å². The van der Waals surface area contributed by atoms with E-state index in [0.717, 1.165) is 6.26 Å². The molecule has 258 valence electrons. The Balaban J connectivity index is 1.38. The smallest absolute Gasteiger partial charge is 0.408 e. The van der Waals surface area contributed by atoms with Crippen LogP contribution in [0.3, 0.4) is 0 Å². The molecular weight excluding hydrogens is 673 g/mol. The van der Waals surface area contributed by atoms with Crippen LogP contribution in [0.1, 0.15) is 51.5 Å². The molecular formula is C34H36N4O9S2. The average molecular weight is 709 g/mol. The summed E-state index contributed by atoms with van der Waals surface area (Å²) in [6.45, 7) is 4.88. The first-order chi connectivity index (χ1) is 23.0. The lowest BCUT2D eigenvalue weighted by molar-refractivity contribution is -0.120. The van der Waals surface area contributed by atoms with E-state index in [1.807, 2.05) is 30.3 Å². The average Bonchev–Trinajstić information content (AvgIpc) is 3.45. The van der Waals surface area contributed by atoms with Gasteiger partial charge in [-0.15, -0.1) is 10.2 Å². The monoisotopic (exact) mass is 708 g/mol. The van der Waals surface area contributed by atoms with Crippen LogP contribution in [0, 0.1) is 0 Å². The van der Waals surface area contributed by atoms with Crippen molar-refractivity contribution in [1.29, 1.82) is 0 Å². The lowest BCUT2D eigenvalue weighted by Gasteiger charge is -2.36. The second-order valence-corrected chi connectivity index (χ2v) is 17.5. The molecule has 1 fully saturated rings. The summed E-state index contributed by atoms with van der Waals surface area (Å²) in [5.41, 5.74) is 0.0525. The highest BCUT2D eigenvalue weighted by molar-refractivity contribution is 7.92. The lowest BCUT2D eigenvalue weighted by Crippen LogP contribution is -2.51. The predicted molar refractivity (Wildman–Crippen MR) is 179 cm³/mol. The number of benzene rings is 3. The molecule has 13 nitrogen and oxygen atoms in total. The Morgan fingerprint density at radius 1 is 1.02 bits per heavy atom. The summed E-state index contributed by atoms with van der Waals surface area (Å²) in [4.78, 5) is 28.1. The summed E-state index contributed by atoms with van der Waals surface area (Å²) in [6.07, 6.45) is 1.58. The Kier molecular flexibility index (Phi) is 8.77. The van der Waals surface area contributed by atoms with Crippen molar-refractivity contribution in [3.05, 3.63) is 84.3 Å². The van der Waals surface area contributed by atoms with Crippen LogP contribution in [-0.2, 0) is 40.5 Å². The van der Waals surface area contributed by atoms with Crippen LogP contribution in [0.15, 0.2) is 82.1 Å². The molecule has 0 radical (unpaired) electrons. The maximum absolute atomic E-state index is 14.2. The van der Waals surface area contributed by atoms with Crippen LogP contribution in [0.25, 0.3) is 11.5 Å². The first-order valence-electron chi connectivity index (χ1n) is 15.6. The summed E-state index contributed by atoms with van der Waals surface area (Å²) in [5, 5.41) is 10.6. The molecule has 49 heavy (non-hydrogen) atoms. The van der Waals surface area contributed by atoms with Crippen molar-refractivity contribution in [3.8, 4) is 23.0 Å². The number of alkyl carbamates (subject to hydrolysis) is 1. The van der Waals surface area contributed by atoms with Crippen LogP contribution in [0.2, 0.25) is 0 Å². The van der Waals surface area contributed by atoms with Crippen LogP contribution in [-0.4, -0.2) is 62.7 Å². The number of para-hydroxylation sites is 1. The second kappa shape index (κ2) is 12.6. The molecule has 1 aromatic heterocycles. The molecule has 1 saturated carbocycles. The van der Waals surface area contributed by atoms with E-state index in [0.29, 0.717) is 36.3 Å². The number of nitrogens with one attached hydrogen (secondary N) is 1. The van der Waals surface area contributed by atoms with Gasteiger partial charge in [0.2, 0.25) is 11.8 Å². The van der Waals surface area contributed by atoms with Crippen LogP contribution in [0.4, 0.5) is 10.5 Å². The molecule has 2 aliphatic rings. The SMILES string of the molecule is CC(C)(C)OC(=O)N[C@H]1CS(=O)(=O)c2ccc(-c3nnc(C4(S(C)(=O)=O)CCC4)o3)cc2N(Cc2ccc(Oc3ccccc3)cc2)C1=O. The third kappa shape index (κ3) is 7.04. The minimum Gasteiger partial charge on any atom is -0.457 e. The Morgan fingerprint density at radius 3 is 2.31 bits per heavy atom. The summed E-state index contributed by atoms with van der Waals surface area (Å²) < 4.78 is 68.7. The Labute approximate surface area is 284 Å². The van der Waals surface area contributed by atoms with Crippen molar-refractivity contribution >= 4 is 37.4 Å². The Hall–Kier alpha value is -4.76. The molecule has 0 bridgehead atoms. The van der Waals surface area contributed by atoms with E-state index in [-0.39, 0.29) is 34.5 Å². The molecule has 1 aliphatic heterocycles. The molecule has 15 heteroatoms. The number of carbonyl (C=O) groups excluding carboxylic acids is 2. The minimum absolute atomic E-state index is 0.0295. The lowest BCUT2D eigenvalue weighted by atomic mass is 9.84. The van der Waals surface area contributed by atoms with Crippen LogP contribution in [0.5, 0.6) is 11.5 Å². The number of fused-ring (bicyclic) bond motifs is 1. The van der Waals surface area contributed by atoms with Gasteiger partial charge in [-0.25, -0.2) is 21.6 Å². The highest BCUT2D eigenvalue weighted by atomic mass is 32.2. The molecule has 0 unspecified atom stereocenters. The molecule has 2 heterocycles. The minimum atomic E-state index is -4.15. The molecule has 6 rings (SSSR count). The standard InChI is InChI=1S/C34H36N4O9S2/c1-33(2,3)47-32(40)35-26-21-49(43,44)28-16-13-23(29-36-37-31(46-29)34(17-8-18-34)48(4,41)42)19-27(28)38(30(26)39)20-22-11-14-25(15-12-22)45-24-9-6-5-7-10-24/h5-7,9-16,19,26H,8,17-18,20-21H2,1-4H3,(H,35,40)/t26-/m0/s1. The van der Waals surface area contributed by atoms with Gasteiger partial charge < -0.3 is 24.1 Å². The summed E-state index contributed by atoms with van der Waals surface area (Å²) in [6, 6.07) is 18.9. The summed E-state index contributed by atoms with van der Waals surface area (Å²) in [7, 11) is -7.71. The second-order valence-electron chi connectivity index (χ2n) is 13.2. The van der Waals surface area contributed by atoms with Crippen LogP contribution >= 0.6 is 0 Å². The van der Waals surface area contributed by atoms with E-state index >= 15 is 0 Å². The molecule has 3 aromatic carbocycles. The number of amides is 2. The van der Waals surface area contributed by atoms with Crippen molar-refractivity contribution in [2.75, 3.05) is 16.9 Å². The first kappa shape index (κ1) is 34.1. The van der Waals surface area contributed by atoms with E-state index in [9.17, 15) is 26.4 Å². The van der Waals surface area contributed by atoms with Gasteiger partial charge in [0.15, 0.2) is 19.7 Å². The predicted octanol–water partition coefficient (Wildman–Crippen LogP) is 5.17. The fourth-order valence-electron chi connectivity index (χ4n) is 5.76. The van der Waals surface area contributed by atoms with Crippen molar-refractivity contribution in [1.82, 2.24) is 15.5 Å². The van der Waals surface area contributed by atoms with Gasteiger partial charge in [0.25, 0.3) is 5.91 Å². The third-order valence-corrected chi connectivity index (χ3v) is 12.2. The number of ether oxygens (including phenoxy) is 2. The largest absolute Gasteiger partial charge is 0.457 e. The maximum atomic E-state index is 14.2. The van der Waals surface area contributed by atoms with Crippen molar-refractivity contribution in [2.45, 2.75) is 67.9 Å². The number of nitrogens with zero attached hydrogens (tertiary/aromatic N) is 3. The molecule has 1 aliphatic carbocycles. The van der Waals surface area contributed by atoms with E-state index in [4.69, 9.17) is 13.9 Å². The van der Waals surface area contributed by atoms with Gasteiger partial charge in [0, 0.05) is 11.8 Å². The van der Waals surface area contributed by atoms with Gasteiger partial charge >= 0.3 is 6.09 Å². The number of aromatic nitrogens is 2. The molecule has 2 amide bonds. The normalized spacial score (nSPS) is 18.5. The number of anilines is 1. The van der Waals surface area contributed by atoms with Gasteiger partial charge in [0.1, 0.15) is 27.9 Å². The van der Waals surface area contributed by atoms with Crippen molar-refractivity contribution < 1.29 is 40.3 Å². The van der Waals surface area contributed by atoms with Crippen molar-refractivity contribution in [2.24, 2.45) is 0 Å². The molecule has 0 saturated heterocycles. The summed E-state index contributed by atoms with van der Waals surface area (Å²) >= 11 is 0. The zero-order valence-corrected chi connectivity index (χ0v) is 29.0. The first-order valence-corrected chi connectivity index (χ1v) is 19.1. The number of rotatable bonds is 8. The molecule has 4 aromatic rings. The number of sulfone groups is 2. The maximum Gasteiger partial charge on any atom is 0.408 e. The van der Waals surface area contributed by atoms with Crippen molar-refractivity contribution in [3.63, 3.8) is 0 Å². The number of hydrogen-bond donors (Lipinski definition) is 1. The summed E-state index contributed by atoms with van der Waals surface area (Å²) in [5.74, 6) is -0.271. The fraction of sp³-hybridized carbons (Fsp3) is 0.353.